The third kappa shape index (κ3) is 5.85. The van der Waals surface area contributed by atoms with E-state index < -0.39 is 37.3 Å². The maximum atomic E-state index is 11.8. The minimum Gasteiger partial charge on any atom is -0.394 e. The zero-order valence-corrected chi connectivity index (χ0v) is 16.3. The van der Waals surface area contributed by atoms with Crippen LogP contribution in [0.25, 0.3) is 0 Å². The molecule has 1 aliphatic heterocycles. The summed E-state index contributed by atoms with van der Waals surface area (Å²) in [6.07, 6.45) is -3.72. The van der Waals surface area contributed by atoms with Gasteiger partial charge in [0.05, 0.1) is 19.8 Å². The Bertz CT molecular complexity index is 756. The maximum absolute atomic E-state index is 11.8. The van der Waals surface area contributed by atoms with E-state index in [4.69, 9.17) is 14.2 Å². The number of rotatable bonds is 8. The second kappa shape index (κ2) is 10.5. The van der Waals surface area contributed by atoms with Crippen LogP contribution in [0.5, 0.6) is 0 Å². The first kappa shape index (κ1) is 21.4. The van der Waals surface area contributed by atoms with Crippen LogP contribution in [0.2, 0.25) is 0 Å². The second-order valence-electron chi connectivity index (χ2n) is 7.00. The topological polar surface area (TPSA) is 97.3 Å². The van der Waals surface area contributed by atoms with Crippen LogP contribution in [0.3, 0.4) is 0 Å². The summed E-state index contributed by atoms with van der Waals surface area (Å²) in [6, 6.07) is 18.3. The van der Waals surface area contributed by atoms with Gasteiger partial charge in [0.25, 0.3) is 0 Å². The van der Waals surface area contributed by atoms with Gasteiger partial charge in [0.2, 0.25) is 5.91 Å². The van der Waals surface area contributed by atoms with Gasteiger partial charge in [-0.15, -0.1) is 0 Å². The highest BCUT2D eigenvalue weighted by molar-refractivity contribution is 5.73. The van der Waals surface area contributed by atoms with Crippen molar-refractivity contribution in [1.29, 1.82) is 0 Å². The van der Waals surface area contributed by atoms with Crippen LogP contribution in [-0.4, -0.2) is 53.4 Å². The molecule has 0 bridgehead atoms. The number of carbonyl (C=O) groups excluding carboxylic acids is 1. The van der Waals surface area contributed by atoms with E-state index in [0.29, 0.717) is 0 Å². The Balaban J connectivity index is 1.76. The normalized spacial score (nSPS) is 26.8. The predicted octanol–water partition coefficient (Wildman–Crippen LogP) is 1.37. The third-order valence-electron chi connectivity index (χ3n) is 4.77. The smallest absolute Gasteiger partial charge is 0.217 e. The molecule has 2 aromatic carbocycles. The molecular weight excluding hydrogens is 374 g/mol. The molecule has 0 aromatic heterocycles. The molecule has 1 aliphatic rings. The fraction of sp³-hybridized carbons (Fsp3) is 0.409. The highest BCUT2D eigenvalue weighted by Gasteiger charge is 2.46. The van der Waals surface area contributed by atoms with Crippen molar-refractivity contribution >= 4 is 5.91 Å². The molecule has 7 nitrogen and oxygen atoms in total. The predicted molar refractivity (Wildman–Crippen MR) is 106 cm³/mol. The molecule has 1 amide bonds. The minimum absolute atomic E-state index is 0.238. The molecule has 2 aromatic rings. The summed E-state index contributed by atoms with van der Waals surface area (Å²) in [5.41, 5.74) is 1.86. The first-order chi connectivity index (χ1) is 14.1. The largest absolute Gasteiger partial charge is 0.394 e. The Morgan fingerprint density at radius 3 is 2.07 bits per heavy atom. The molecule has 0 aliphatic carbocycles. The van der Waals surface area contributed by atoms with E-state index in [9.17, 15) is 15.0 Å². The fourth-order valence-corrected chi connectivity index (χ4v) is 3.32. The van der Waals surface area contributed by atoms with Crippen LogP contribution in [0.1, 0.15) is 18.1 Å². The highest BCUT2D eigenvalue weighted by Crippen LogP contribution is 2.26. The zero-order chi connectivity index (χ0) is 20.6. The molecule has 156 valence electrons. The highest BCUT2D eigenvalue weighted by atomic mass is 16.7. The van der Waals surface area contributed by atoms with Gasteiger partial charge < -0.3 is 29.7 Å². The second-order valence-corrected chi connectivity index (χ2v) is 7.00. The van der Waals surface area contributed by atoms with Gasteiger partial charge in [0.1, 0.15) is 24.4 Å². The molecule has 0 spiro atoms. The summed E-state index contributed by atoms with van der Waals surface area (Å²) in [5.74, 6) is -0.296. The van der Waals surface area contributed by atoms with Crippen LogP contribution >= 0.6 is 0 Å². The van der Waals surface area contributed by atoms with Crippen LogP contribution in [-0.2, 0) is 32.2 Å². The van der Waals surface area contributed by atoms with Crippen molar-refractivity contribution in [2.75, 3.05) is 6.61 Å². The summed E-state index contributed by atoms with van der Waals surface area (Å²) < 4.78 is 17.6. The van der Waals surface area contributed by atoms with Crippen molar-refractivity contribution < 1.29 is 29.2 Å². The van der Waals surface area contributed by atoms with E-state index in [-0.39, 0.29) is 19.1 Å². The molecule has 1 fully saturated rings. The number of aliphatic hydroxyl groups excluding tert-OH is 2. The van der Waals surface area contributed by atoms with Gasteiger partial charge in [-0.3, -0.25) is 4.79 Å². The van der Waals surface area contributed by atoms with Gasteiger partial charge in [0, 0.05) is 6.92 Å². The summed E-state index contributed by atoms with van der Waals surface area (Å²) in [7, 11) is 0. The molecule has 1 saturated heterocycles. The summed E-state index contributed by atoms with van der Waals surface area (Å²) in [4.78, 5) is 11.8. The number of hydrogen-bond acceptors (Lipinski definition) is 6. The number of hydrogen-bond donors (Lipinski definition) is 3. The van der Waals surface area contributed by atoms with Crippen molar-refractivity contribution in [3.63, 3.8) is 0 Å². The Morgan fingerprint density at radius 1 is 1.00 bits per heavy atom. The number of ether oxygens (including phenoxy) is 3. The first-order valence-corrected chi connectivity index (χ1v) is 9.61. The third-order valence-corrected chi connectivity index (χ3v) is 4.77. The van der Waals surface area contributed by atoms with Gasteiger partial charge in [-0.1, -0.05) is 60.7 Å². The number of benzene rings is 2. The summed E-state index contributed by atoms with van der Waals surface area (Å²) >= 11 is 0. The van der Waals surface area contributed by atoms with E-state index in [1.807, 2.05) is 60.7 Å². The lowest BCUT2D eigenvalue weighted by atomic mass is 9.96. The lowest BCUT2D eigenvalue weighted by Gasteiger charge is -2.44. The lowest BCUT2D eigenvalue weighted by molar-refractivity contribution is -0.281. The first-order valence-electron chi connectivity index (χ1n) is 9.61. The summed E-state index contributed by atoms with van der Waals surface area (Å²) in [5, 5.41) is 23.1. The molecule has 3 N–H and O–H groups in total. The Labute approximate surface area is 170 Å². The number of carbonyl (C=O) groups is 1. The maximum Gasteiger partial charge on any atom is 0.217 e. The van der Waals surface area contributed by atoms with E-state index >= 15 is 0 Å². The van der Waals surface area contributed by atoms with Gasteiger partial charge >= 0.3 is 0 Å². The van der Waals surface area contributed by atoms with E-state index in [1.54, 1.807) is 0 Å². The van der Waals surface area contributed by atoms with Crippen molar-refractivity contribution in [2.24, 2.45) is 0 Å². The number of amides is 1. The SMILES string of the molecule is CC(=O)N[C@H]1[C@H](OCc2ccccc2)O[C@H](CO)[C@H](O)[C@H]1OCc1ccccc1. The van der Waals surface area contributed by atoms with Crippen molar-refractivity contribution in [2.45, 2.75) is 50.8 Å². The van der Waals surface area contributed by atoms with Gasteiger partial charge in [-0.2, -0.15) is 0 Å². The molecular formula is C22H27NO6. The van der Waals surface area contributed by atoms with Crippen LogP contribution in [0.15, 0.2) is 60.7 Å². The van der Waals surface area contributed by atoms with Crippen molar-refractivity contribution in [3.05, 3.63) is 71.8 Å². The Hall–Kier alpha value is -2.29. The average molecular weight is 401 g/mol. The zero-order valence-electron chi connectivity index (χ0n) is 16.3. The van der Waals surface area contributed by atoms with Gasteiger partial charge in [-0.25, -0.2) is 0 Å². The fourth-order valence-electron chi connectivity index (χ4n) is 3.32. The van der Waals surface area contributed by atoms with E-state index in [1.165, 1.54) is 6.92 Å². The molecule has 0 radical (unpaired) electrons. The Kier molecular flexibility index (Phi) is 7.74. The van der Waals surface area contributed by atoms with Crippen molar-refractivity contribution in [3.8, 4) is 0 Å². The molecule has 0 unspecified atom stereocenters. The van der Waals surface area contributed by atoms with Crippen LogP contribution < -0.4 is 5.32 Å². The molecule has 5 atom stereocenters. The monoisotopic (exact) mass is 401 g/mol. The van der Waals surface area contributed by atoms with Crippen molar-refractivity contribution in [1.82, 2.24) is 5.32 Å². The minimum atomic E-state index is -1.13. The average Bonchev–Trinajstić information content (AvgIpc) is 2.74. The number of nitrogens with one attached hydrogen (secondary N) is 1. The van der Waals surface area contributed by atoms with Crippen LogP contribution in [0, 0.1) is 0 Å². The lowest BCUT2D eigenvalue weighted by Crippen LogP contribution is -2.65. The van der Waals surface area contributed by atoms with Gasteiger partial charge in [0.15, 0.2) is 6.29 Å². The number of aliphatic hydroxyl groups is 2. The van der Waals surface area contributed by atoms with Gasteiger partial charge in [-0.05, 0) is 11.1 Å². The standard InChI is InChI=1S/C22H27NO6/c1-15(25)23-19-21(27-13-16-8-4-2-5-9-16)20(26)18(12-24)29-22(19)28-14-17-10-6-3-7-11-17/h2-11,18-22,24,26H,12-14H2,1H3,(H,23,25)/t18-,19-,20+,21+,22-/m1/s1. The molecule has 7 heteroatoms. The molecule has 3 rings (SSSR count). The Morgan fingerprint density at radius 2 is 1.55 bits per heavy atom. The van der Waals surface area contributed by atoms with Crippen LogP contribution in [0.4, 0.5) is 0 Å². The van der Waals surface area contributed by atoms with E-state index in [2.05, 4.69) is 5.32 Å². The van der Waals surface area contributed by atoms with E-state index in [0.717, 1.165) is 11.1 Å². The molecule has 1 heterocycles. The summed E-state index contributed by atoms with van der Waals surface area (Å²) in [6.45, 7) is 1.47. The quantitative estimate of drug-likeness (QED) is 0.618. The molecule has 0 saturated carbocycles. The molecule has 29 heavy (non-hydrogen) atoms.